The monoisotopic (exact) mass is 241 g/mol. The van der Waals surface area contributed by atoms with Crippen LogP contribution in [0, 0.1) is 6.92 Å². The van der Waals surface area contributed by atoms with Gasteiger partial charge in [0.05, 0.1) is 12.2 Å². The van der Waals surface area contributed by atoms with Crippen molar-refractivity contribution in [2.24, 2.45) is 0 Å². The van der Waals surface area contributed by atoms with E-state index in [9.17, 15) is 13.2 Å². The van der Waals surface area contributed by atoms with E-state index in [1.54, 1.807) is 12.3 Å². The van der Waals surface area contributed by atoms with Crippen LogP contribution < -0.4 is 0 Å². The topological polar surface area (TPSA) is 30.7 Å². The molecule has 17 heavy (non-hydrogen) atoms. The van der Waals surface area contributed by atoms with Gasteiger partial charge >= 0.3 is 6.18 Å². The summed E-state index contributed by atoms with van der Waals surface area (Å²) in [6.45, 7) is 2.10. The Morgan fingerprint density at radius 3 is 2.65 bits per heavy atom. The first-order valence-corrected chi connectivity index (χ1v) is 4.98. The van der Waals surface area contributed by atoms with Gasteiger partial charge in [-0.1, -0.05) is 6.07 Å². The second-order valence-electron chi connectivity index (χ2n) is 3.66. The molecule has 0 radical (unpaired) electrons. The van der Waals surface area contributed by atoms with Crippen LogP contribution in [-0.4, -0.2) is 14.8 Å². The molecule has 0 unspecified atom stereocenters. The van der Waals surface area contributed by atoms with E-state index in [2.05, 4.69) is 10.1 Å². The van der Waals surface area contributed by atoms with Crippen molar-refractivity contribution in [2.45, 2.75) is 19.6 Å². The normalized spacial score (nSPS) is 11.8. The highest BCUT2D eigenvalue weighted by atomic mass is 19.4. The minimum absolute atomic E-state index is 0.239. The zero-order valence-electron chi connectivity index (χ0n) is 9.07. The van der Waals surface area contributed by atoms with Gasteiger partial charge in [-0.25, -0.2) is 0 Å². The standard InChI is InChI=1S/C11H10F3N3/c1-8-3-2-5-15-9(8)7-17-6-4-10(16-17)11(12,13)14/h2-6H,7H2,1H3. The van der Waals surface area contributed by atoms with Crippen LogP contribution in [0.2, 0.25) is 0 Å². The number of pyridine rings is 1. The van der Waals surface area contributed by atoms with E-state index in [4.69, 9.17) is 0 Å². The Morgan fingerprint density at radius 2 is 2.06 bits per heavy atom. The van der Waals surface area contributed by atoms with Gasteiger partial charge in [0.25, 0.3) is 0 Å². The zero-order valence-corrected chi connectivity index (χ0v) is 9.07. The van der Waals surface area contributed by atoms with Gasteiger partial charge in [0.15, 0.2) is 5.69 Å². The van der Waals surface area contributed by atoms with E-state index >= 15 is 0 Å². The minimum Gasteiger partial charge on any atom is -0.266 e. The Hall–Kier alpha value is -1.85. The summed E-state index contributed by atoms with van der Waals surface area (Å²) in [7, 11) is 0. The van der Waals surface area contributed by atoms with Crippen LogP contribution in [0.15, 0.2) is 30.6 Å². The second-order valence-corrected chi connectivity index (χ2v) is 3.66. The van der Waals surface area contributed by atoms with Crippen LogP contribution >= 0.6 is 0 Å². The first-order chi connectivity index (χ1) is 7.97. The number of nitrogens with zero attached hydrogens (tertiary/aromatic N) is 3. The molecule has 0 aliphatic rings. The molecule has 2 aromatic heterocycles. The Balaban J connectivity index is 2.21. The molecule has 0 aliphatic heterocycles. The van der Waals surface area contributed by atoms with Crippen molar-refractivity contribution in [2.75, 3.05) is 0 Å². The van der Waals surface area contributed by atoms with Gasteiger partial charge in [-0.3, -0.25) is 9.67 Å². The average molecular weight is 241 g/mol. The highest BCUT2D eigenvalue weighted by molar-refractivity contribution is 5.18. The van der Waals surface area contributed by atoms with Crippen molar-refractivity contribution < 1.29 is 13.2 Å². The van der Waals surface area contributed by atoms with Crippen LogP contribution in [0.5, 0.6) is 0 Å². The van der Waals surface area contributed by atoms with Gasteiger partial charge in [0.2, 0.25) is 0 Å². The van der Waals surface area contributed by atoms with Crippen molar-refractivity contribution in [1.29, 1.82) is 0 Å². The summed E-state index contributed by atoms with van der Waals surface area (Å²) in [6, 6.07) is 4.60. The lowest BCUT2D eigenvalue weighted by molar-refractivity contribution is -0.141. The highest BCUT2D eigenvalue weighted by Crippen LogP contribution is 2.27. The Labute approximate surface area is 95.9 Å². The molecule has 0 aromatic carbocycles. The summed E-state index contributed by atoms with van der Waals surface area (Å²) in [5.41, 5.74) is 0.756. The number of halogens is 3. The fraction of sp³-hybridized carbons (Fsp3) is 0.273. The maximum absolute atomic E-state index is 12.3. The Bertz CT molecular complexity index is 517. The third kappa shape index (κ3) is 2.64. The number of hydrogen-bond donors (Lipinski definition) is 0. The SMILES string of the molecule is Cc1cccnc1Cn1ccc(C(F)(F)F)n1. The van der Waals surface area contributed by atoms with E-state index in [-0.39, 0.29) is 6.54 Å². The second kappa shape index (κ2) is 4.20. The van der Waals surface area contributed by atoms with E-state index in [0.29, 0.717) is 5.69 Å². The molecular weight excluding hydrogens is 231 g/mol. The van der Waals surface area contributed by atoms with E-state index in [1.807, 2.05) is 13.0 Å². The highest BCUT2D eigenvalue weighted by Gasteiger charge is 2.33. The van der Waals surface area contributed by atoms with Gasteiger partial charge in [-0.05, 0) is 24.6 Å². The molecule has 0 spiro atoms. The molecule has 2 rings (SSSR count). The summed E-state index contributed by atoms with van der Waals surface area (Å²) in [5.74, 6) is 0. The zero-order chi connectivity index (χ0) is 12.5. The lowest BCUT2D eigenvalue weighted by atomic mass is 10.2. The van der Waals surface area contributed by atoms with E-state index in [0.717, 1.165) is 11.6 Å². The minimum atomic E-state index is -4.40. The number of rotatable bonds is 2. The molecular formula is C11H10F3N3. The summed E-state index contributed by atoms with van der Waals surface area (Å²) in [6.07, 6.45) is -1.49. The molecule has 6 heteroatoms. The van der Waals surface area contributed by atoms with Crippen molar-refractivity contribution in [3.8, 4) is 0 Å². The van der Waals surface area contributed by atoms with Gasteiger partial charge in [0.1, 0.15) is 0 Å². The van der Waals surface area contributed by atoms with E-state index in [1.165, 1.54) is 10.9 Å². The number of aryl methyl sites for hydroxylation is 1. The van der Waals surface area contributed by atoms with Crippen molar-refractivity contribution in [3.05, 3.63) is 47.5 Å². The Morgan fingerprint density at radius 1 is 1.29 bits per heavy atom. The smallest absolute Gasteiger partial charge is 0.266 e. The lowest BCUT2D eigenvalue weighted by Crippen LogP contribution is -2.09. The first-order valence-electron chi connectivity index (χ1n) is 4.98. The van der Waals surface area contributed by atoms with Crippen LogP contribution in [-0.2, 0) is 12.7 Å². The van der Waals surface area contributed by atoms with Crippen molar-refractivity contribution >= 4 is 0 Å². The van der Waals surface area contributed by atoms with Gasteiger partial charge < -0.3 is 0 Å². The van der Waals surface area contributed by atoms with Crippen molar-refractivity contribution in [3.63, 3.8) is 0 Å². The summed E-state index contributed by atoms with van der Waals surface area (Å²) < 4.78 is 38.2. The molecule has 0 N–H and O–H groups in total. The largest absolute Gasteiger partial charge is 0.435 e. The number of alkyl halides is 3. The van der Waals surface area contributed by atoms with Crippen LogP contribution in [0.4, 0.5) is 13.2 Å². The van der Waals surface area contributed by atoms with Crippen LogP contribution in [0.25, 0.3) is 0 Å². The third-order valence-electron chi connectivity index (χ3n) is 2.36. The molecule has 0 fully saturated rings. The molecule has 0 saturated carbocycles. The molecule has 0 bridgehead atoms. The number of hydrogen-bond acceptors (Lipinski definition) is 2. The maximum atomic E-state index is 12.3. The molecule has 0 atom stereocenters. The quantitative estimate of drug-likeness (QED) is 0.809. The first kappa shape index (κ1) is 11.6. The van der Waals surface area contributed by atoms with Gasteiger partial charge in [-0.15, -0.1) is 0 Å². The van der Waals surface area contributed by atoms with Gasteiger partial charge in [0, 0.05) is 12.4 Å². The van der Waals surface area contributed by atoms with Crippen LogP contribution in [0.1, 0.15) is 17.0 Å². The predicted octanol–water partition coefficient (Wildman–Crippen LogP) is 2.65. The number of aromatic nitrogens is 3. The summed E-state index contributed by atoms with van der Waals surface area (Å²) in [5, 5.41) is 3.47. The molecule has 0 amide bonds. The molecule has 90 valence electrons. The molecule has 2 heterocycles. The van der Waals surface area contributed by atoms with Crippen molar-refractivity contribution in [1.82, 2.24) is 14.8 Å². The molecule has 0 saturated heterocycles. The average Bonchev–Trinajstić information content (AvgIpc) is 2.69. The van der Waals surface area contributed by atoms with Gasteiger partial charge in [-0.2, -0.15) is 18.3 Å². The molecule has 2 aromatic rings. The van der Waals surface area contributed by atoms with E-state index < -0.39 is 11.9 Å². The fourth-order valence-corrected chi connectivity index (χ4v) is 1.44. The lowest BCUT2D eigenvalue weighted by Gasteiger charge is -2.05. The molecule has 3 nitrogen and oxygen atoms in total. The third-order valence-corrected chi connectivity index (χ3v) is 2.36. The fourth-order valence-electron chi connectivity index (χ4n) is 1.44. The predicted molar refractivity (Wildman–Crippen MR) is 55.3 cm³/mol. The summed E-state index contributed by atoms with van der Waals surface area (Å²) >= 11 is 0. The molecule has 0 aliphatic carbocycles. The maximum Gasteiger partial charge on any atom is 0.435 e. The summed E-state index contributed by atoms with van der Waals surface area (Å²) in [4.78, 5) is 4.10. The van der Waals surface area contributed by atoms with Crippen LogP contribution in [0.3, 0.4) is 0 Å². The Kier molecular flexibility index (Phi) is 2.87.